The maximum absolute atomic E-state index is 12.1. The van der Waals surface area contributed by atoms with E-state index < -0.39 is 28.0 Å². The monoisotopic (exact) mass is 315 g/mol. The van der Waals surface area contributed by atoms with Crippen molar-refractivity contribution in [1.29, 1.82) is 0 Å². The molecule has 0 saturated heterocycles. The van der Waals surface area contributed by atoms with Crippen molar-refractivity contribution >= 4 is 22.0 Å². The third-order valence-electron chi connectivity index (χ3n) is 2.71. The molecule has 0 aliphatic carbocycles. The summed E-state index contributed by atoms with van der Waals surface area (Å²) in [6, 6.07) is 4.89. The summed E-state index contributed by atoms with van der Waals surface area (Å²) in [5.74, 6) is -1.63. The van der Waals surface area contributed by atoms with Crippen LogP contribution < -0.4 is 4.72 Å². The number of esters is 1. The van der Waals surface area contributed by atoms with Crippen LogP contribution in [0.3, 0.4) is 0 Å². The van der Waals surface area contributed by atoms with Gasteiger partial charge < -0.3 is 9.84 Å². The van der Waals surface area contributed by atoms with Crippen molar-refractivity contribution in [3.63, 3.8) is 0 Å². The van der Waals surface area contributed by atoms with Gasteiger partial charge in [-0.3, -0.25) is 4.79 Å². The lowest BCUT2D eigenvalue weighted by Crippen LogP contribution is -2.33. The molecule has 1 aromatic rings. The molecular weight excluding hydrogens is 298 g/mol. The number of benzene rings is 1. The Bertz CT molecular complexity index is 625. The second kappa shape index (κ2) is 7.19. The van der Waals surface area contributed by atoms with E-state index in [4.69, 9.17) is 5.11 Å². The Labute approximate surface area is 123 Å². The number of carboxylic acid groups (broad SMARTS) is 1. The maximum atomic E-state index is 12.1. The average Bonchev–Trinajstić information content (AvgIpc) is 2.44. The quantitative estimate of drug-likeness (QED) is 0.727. The Balaban J connectivity index is 2.87. The fraction of sp³-hybridized carbons (Fsp3) is 0.385. The largest absolute Gasteiger partial charge is 0.481 e. The smallest absolute Gasteiger partial charge is 0.337 e. The minimum absolute atomic E-state index is 0.0763. The highest BCUT2D eigenvalue weighted by Crippen LogP contribution is 2.13. The molecule has 0 saturated carbocycles. The van der Waals surface area contributed by atoms with Crippen LogP contribution in [0.15, 0.2) is 29.2 Å². The topological polar surface area (TPSA) is 110 Å². The molecule has 7 nitrogen and oxygen atoms in total. The first-order valence-corrected chi connectivity index (χ1v) is 7.67. The van der Waals surface area contributed by atoms with Gasteiger partial charge >= 0.3 is 11.9 Å². The molecule has 0 aliphatic heterocycles. The van der Waals surface area contributed by atoms with Gasteiger partial charge in [0.15, 0.2) is 0 Å². The van der Waals surface area contributed by atoms with Gasteiger partial charge in [-0.25, -0.2) is 17.9 Å². The molecule has 116 valence electrons. The lowest BCUT2D eigenvalue weighted by atomic mass is 10.2. The Morgan fingerprint density at radius 3 is 2.62 bits per heavy atom. The fourth-order valence-corrected chi connectivity index (χ4v) is 2.96. The molecular formula is C13H17NO6S. The Morgan fingerprint density at radius 1 is 1.38 bits per heavy atom. The Kier molecular flexibility index (Phi) is 5.86. The average molecular weight is 315 g/mol. The highest BCUT2D eigenvalue weighted by atomic mass is 32.2. The Hall–Kier alpha value is -1.93. The van der Waals surface area contributed by atoms with Gasteiger partial charge in [0.05, 0.1) is 17.6 Å². The number of carboxylic acids is 1. The predicted molar refractivity (Wildman–Crippen MR) is 74.4 cm³/mol. The van der Waals surface area contributed by atoms with Gasteiger partial charge in [-0.2, -0.15) is 0 Å². The van der Waals surface area contributed by atoms with Crippen LogP contribution in [0.4, 0.5) is 0 Å². The van der Waals surface area contributed by atoms with Gasteiger partial charge in [0.25, 0.3) is 0 Å². The van der Waals surface area contributed by atoms with Crippen LogP contribution in [0.5, 0.6) is 0 Å². The van der Waals surface area contributed by atoms with E-state index in [1.165, 1.54) is 31.4 Å². The number of ether oxygens (including phenoxy) is 1. The number of nitrogens with one attached hydrogen (secondary N) is 1. The number of carbonyl (C=O) groups is 2. The third kappa shape index (κ3) is 5.16. The zero-order chi connectivity index (χ0) is 16.0. The molecule has 0 fully saturated rings. The van der Waals surface area contributed by atoms with E-state index in [0.717, 1.165) is 0 Å². The summed E-state index contributed by atoms with van der Waals surface area (Å²) in [5.41, 5.74) is 0.124. The van der Waals surface area contributed by atoms with E-state index in [9.17, 15) is 18.0 Å². The molecule has 0 aromatic heterocycles. The number of methoxy groups -OCH3 is 1. The summed E-state index contributed by atoms with van der Waals surface area (Å²) in [6.45, 7) is 1.57. The van der Waals surface area contributed by atoms with Crippen molar-refractivity contribution in [3.05, 3.63) is 29.8 Å². The van der Waals surface area contributed by atoms with Gasteiger partial charge in [0.1, 0.15) is 0 Å². The summed E-state index contributed by atoms with van der Waals surface area (Å²) < 4.78 is 31.2. The van der Waals surface area contributed by atoms with Gasteiger partial charge in [-0.1, -0.05) is 6.07 Å². The molecule has 0 amide bonds. The van der Waals surface area contributed by atoms with E-state index in [0.29, 0.717) is 0 Å². The summed E-state index contributed by atoms with van der Waals surface area (Å²) >= 11 is 0. The summed E-state index contributed by atoms with van der Waals surface area (Å²) in [5, 5.41) is 8.57. The lowest BCUT2D eigenvalue weighted by Gasteiger charge is -2.13. The van der Waals surface area contributed by atoms with Crippen molar-refractivity contribution in [1.82, 2.24) is 4.72 Å². The predicted octanol–water partition coefficient (Wildman–Crippen LogP) is 1.00. The zero-order valence-electron chi connectivity index (χ0n) is 11.7. The molecule has 0 bridgehead atoms. The van der Waals surface area contributed by atoms with E-state index in [-0.39, 0.29) is 23.3 Å². The van der Waals surface area contributed by atoms with Crippen LogP contribution in [0.2, 0.25) is 0 Å². The van der Waals surface area contributed by atoms with Crippen molar-refractivity contribution in [2.75, 3.05) is 7.11 Å². The van der Waals surface area contributed by atoms with Crippen LogP contribution in [-0.4, -0.2) is 38.6 Å². The van der Waals surface area contributed by atoms with Crippen LogP contribution in [0.25, 0.3) is 0 Å². The number of hydrogen-bond acceptors (Lipinski definition) is 5. The van der Waals surface area contributed by atoms with E-state index >= 15 is 0 Å². The SMILES string of the molecule is COC(=O)c1cccc(S(=O)(=O)NC(C)CCC(=O)O)c1. The molecule has 1 unspecified atom stereocenters. The summed E-state index contributed by atoms with van der Waals surface area (Å²) in [7, 11) is -2.62. The van der Waals surface area contributed by atoms with Gasteiger partial charge in [0, 0.05) is 12.5 Å². The van der Waals surface area contributed by atoms with E-state index in [1.807, 2.05) is 0 Å². The van der Waals surface area contributed by atoms with Gasteiger partial charge in [0.2, 0.25) is 10.0 Å². The number of hydrogen-bond donors (Lipinski definition) is 2. The van der Waals surface area contributed by atoms with Crippen molar-refractivity contribution in [3.8, 4) is 0 Å². The molecule has 8 heteroatoms. The third-order valence-corrected chi connectivity index (χ3v) is 4.30. The van der Waals surface area contributed by atoms with Crippen LogP contribution in [-0.2, 0) is 19.6 Å². The standard InChI is InChI=1S/C13H17NO6S/c1-9(6-7-12(15)16)14-21(18,19)11-5-3-4-10(8-11)13(17)20-2/h3-5,8-9,14H,6-7H2,1-2H3,(H,15,16). The van der Waals surface area contributed by atoms with Crippen molar-refractivity contribution < 1.29 is 27.9 Å². The van der Waals surface area contributed by atoms with Crippen LogP contribution >= 0.6 is 0 Å². The van der Waals surface area contributed by atoms with Crippen molar-refractivity contribution in [2.24, 2.45) is 0 Å². The zero-order valence-corrected chi connectivity index (χ0v) is 12.5. The van der Waals surface area contributed by atoms with E-state index in [2.05, 4.69) is 9.46 Å². The summed E-state index contributed by atoms with van der Waals surface area (Å²) in [4.78, 5) is 21.8. The molecule has 2 N–H and O–H groups in total. The van der Waals surface area contributed by atoms with Gasteiger partial charge in [-0.05, 0) is 31.5 Å². The first kappa shape index (κ1) is 17.1. The number of rotatable bonds is 7. The molecule has 0 aliphatic rings. The minimum Gasteiger partial charge on any atom is -0.481 e. The molecule has 1 rings (SSSR count). The van der Waals surface area contributed by atoms with Crippen LogP contribution in [0, 0.1) is 0 Å². The first-order chi connectivity index (χ1) is 9.76. The lowest BCUT2D eigenvalue weighted by molar-refractivity contribution is -0.137. The van der Waals surface area contributed by atoms with Crippen LogP contribution in [0.1, 0.15) is 30.1 Å². The molecule has 1 atom stereocenters. The normalized spacial score (nSPS) is 12.7. The second-order valence-corrected chi connectivity index (χ2v) is 6.19. The van der Waals surface area contributed by atoms with Crippen molar-refractivity contribution in [2.45, 2.75) is 30.7 Å². The highest BCUT2D eigenvalue weighted by molar-refractivity contribution is 7.89. The molecule has 0 heterocycles. The maximum Gasteiger partial charge on any atom is 0.337 e. The first-order valence-electron chi connectivity index (χ1n) is 6.19. The molecule has 0 radical (unpaired) electrons. The highest BCUT2D eigenvalue weighted by Gasteiger charge is 2.19. The fourth-order valence-electron chi connectivity index (χ4n) is 1.64. The number of carbonyl (C=O) groups excluding carboxylic acids is 1. The molecule has 21 heavy (non-hydrogen) atoms. The second-order valence-electron chi connectivity index (χ2n) is 4.47. The number of sulfonamides is 1. The summed E-state index contributed by atoms with van der Waals surface area (Å²) in [6.07, 6.45) is 0.0388. The van der Waals surface area contributed by atoms with Gasteiger partial charge in [-0.15, -0.1) is 0 Å². The molecule has 1 aromatic carbocycles. The van der Waals surface area contributed by atoms with E-state index in [1.54, 1.807) is 6.92 Å². The number of aliphatic carboxylic acids is 1. The molecule has 0 spiro atoms. The minimum atomic E-state index is -3.82. The Morgan fingerprint density at radius 2 is 2.05 bits per heavy atom.